The fourth-order valence-corrected chi connectivity index (χ4v) is 5.09. The van der Waals surface area contributed by atoms with Crippen LogP contribution < -0.4 is 10.6 Å². The molecule has 8 heteroatoms. The van der Waals surface area contributed by atoms with Crippen LogP contribution in [0, 0.1) is 5.92 Å². The summed E-state index contributed by atoms with van der Waals surface area (Å²) in [6, 6.07) is 0.285. The topological polar surface area (TPSA) is 63.2 Å². The van der Waals surface area contributed by atoms with Gasteiger partial charge >= 0.3 is 0 Å². The van der Waals surface area contributed by atoms with Crippen molar-refractivity contribution in [2.75, 3.05) is 59.9 Å². The van der Waals surface area contributed by atoms with E-state index in [2.05, 4.69) is 32.5 Å². The van der Waals surface area contributed by atoms with Gasteiger partial charge in [-0.25, -0.2) is 0 Å². The molecule has 3 heterocycles. The van der Waals surface area contributed by atoms with E-state index in [1.54, 1.807) is 0 Å². The van der Waals surface area contributed by atoms with E-state index in [1.165, 1.54) is 58.3 Å². The van der Waals surface area contributed by atoms with Crippen LogP contribution in [0.1, 0.15) is 52.4 Å². The first-order chi connectivity index (χ1) is 13.9. The molecule has 2 N–H and O–H groups in total. The second-order valence-corrected chi connectivity index (χ2v) is 9.57. The molecule has 3 aliphatic rings. The normalized spacial score (nSPS) is 25.8. The van der Waals surface area contributed by atoms with E-state index in [9.17, 15) is 4.79 Å². The quantitative estimate of drug-likeness (QED) is 0.321. The third-order valence-corrected chi connectivity index (χ3v) is 7.09. The summed E-state index contributed by atoms with van der Waals surface area (Å²) < 4.78 is 0. The molecule has 3 fully saturated rings. The van der Waals surface area contributed by atoms with Crippen molar-refractivity contribution in [3.63, 3.8) is 0 Å². The predicted molar refractivity (Wildman–Crippen MR) is 135 cm³/mol. The van der Waals surface area contributed by atoms with Crippen LogP contribution in [-0.2, 0) is 4.79 Å². The first-order valence-corrected chi connectivity index (χ1v) is 11.6. The first-order valence-electron chi connectivity index (χ1n) is 11.6. The molecule has 0 spiro atoms. The van der Waals surface area contributed by atoms with Gasteiger partial charge in [0.15, 0.2) is 5.96 Å². The highest BCUT2D eigenvalue weighted by molar-refractivity contribution is 14.0. The number of hydrogen-bond donors (Lipinski definition) is 2. The Labute approximate surface area is 200 Å². The van der Waals surface area contributed by atoms with Crippen LogP contribution in [0.5, 0.6) is 0 Å². The number of hydrogen-bond acceptors (Lipinski definition) is 4. The molecule has 30 heavy (non-hydrogen) atoms. The maximum Gasteiger partial charge on any atom is 0.225 e. The highest BCUT2D eigenvalue weighted by atomic mass is 127. The van der Waals surface area contributed by atoms with Crippen LogP contribution in [-0.4, -0.2) is 98.1 Å². The lowest BCUT2D eigenvalue weighted by Gasteiger charge is -2.50. The Morgan fingerprint density at radius 3 is 2.37 bits per heavy atom. The van der Waals surface area contributed by atoms with Gasteiger partial charge in [0.1, 0.15) is 0 Å². The van der Waals surface area contributed by atoms with Gasteiger partial charge in [0.2, 0.25) is 5.91 Å². The summed E-state index contributed by atoms with van der Waals surface area (Å²) in [6.07, 6.45) is 7.44. The monoisotopic (exact) mass is 534 g/mol. The van der Waals surface area contributed by atoms with Gasteiger partial charge in [-0.3, -0.25) is 14.7 Å². The number of nitrogens with zero attached hydrogens (tertiary/aromatic N) is 4. The summed E-state index contributed by atoms with van der Waals surface area (Å²) in [7, 11) is 4.09. The molecule has 174 valence electrons. The van der Waals surface area contributed by atoms with Crippen LogP contribution >= 0.6 is 24.0 Å². The molecule has 1 atom stereocenters. The lowest BCUT2D eigenvalue weighted by Crippen LogP contribution is -2.62. The van der Waals surface area contributed by atoms with Gasteiger partial charge in [-0.1, -0.05) is 20.3 Å². The van der Waals surface area contributed by atoms with Crippen molar-refractivity contribution in [2.24, 2.45) is 10.9 Å². The van der Waals surface area contributed by atoms with E-state index in [1.807, 2.05) is 25.8 Å². The minimum absolute atomic E-state index is 0. The van der Waals surface area contributed by atoms with E-state index in [4.69, 9.17) is 0 Å². The van der Waals surface area contributed by atoms with Gasteiger partial charge < -0.3 is 20.4 Å². The molecule has 0 bridgehead atoms. The molecule has 0 radical (unpaired) electrons. The van der Waals surface area contributed by atoms with Crippen molar-refractivity contribution < 1.29 is 4.79 Å². The number of amides is 1. The molecule has 0 aromatic rings. The molecule has 7 nitrogen and oxygen atoms in total. The molecule has 0 aromatic carbocycles. The zero-order chi connectivity index (χ0) is 20.9. The molecule has 3 rings (SSSR count). The summed E-state index contributed by atoms with van der Waals surface area (Å²) in [5.74, 6) is 1.21. The van der Waals surface area contributed by atoms with Crippen molar-refractivity contribution >= 4 is 35.8 Å². The largest absolute Gasteiger partial charge is 0.355 e. The van der Waals surface area contributed by atoms with Crippen molar-refractivity contribution in [3.8, 4) is 0 Å². The molecule has 1 unspecified atom stereocenters. The fraction of sp³-hybridized carbons (Fsp3) is 0.909. The molecule has 0 saturated carbocycles. The lowest BCUT2D eigenvalue weighted by molar-refractivity contribution is -0.133. The first kappa shape index (κ1) is 25.6. The Kier molecular flexibility index (Phi) is 10.1. The summed E-state index contributed by atoms with van der Waals surface area (Å²) in [4.78, 5) is 24.0. The maximum absolute atomic E-state index is 12.3. The summed E-state index contributed by atoms with van der Waals surface area (Å²) in [6.45, 7) is 11.3. The molecule has 3 aliphatic heterocycles. The number of nitrogens with one attached hydrogen (secondary N) is 2. The van der Waals surface area contributed by atoms with Gasteiger partial charge in [0.25, 0.3) is 0 Å². The second kappa shape index (κ2) is 11.9. The molecular formula is C22H43IN6O. The maximum atomic E-state index is 12.3. The van der Waals surface area contributed by atoms with Crippen molar-refractivity contribution in [1.29, 1.82) is 0 Å². The van der Waals surface area contributed by atoms with Gasteiger partial charge in [-0.2, -0.15) is 0 Å². The molecule has 0 aliphatic carbocycles. The van der Waals surface area contributed by atoms with Crippen LogP contribution in [0.4, 0.5) is 0 Å². The number of rotatable bonds is 5. The van der Waals surface area contributed by atoms with Gasteiger partial charge in [-0.15, -0.1) is 24.0 Å². The zero-order valence-electron chi connectivity index (χ0n) is 19.5. The third-order valence-electron chi connectivity index (χ3n) is 7.09. The van der Waals surface area contributed by atoms with Crippen LogP contribution in [0.3, 0.4) is 0 Å². The average Bonchev–Trinajstić information content (AvgIpc) is 3.21. The van der Waals surface area contributed by atoms with E-state index in [0.717, 1.165) is 32.0 Å². The van der Waals surface area contributed by atoms with E-state index < -0.39 is 0 Å². The minimum atomic E-state index is 0. The van der Waals surface area contributed by atoms with E-state index >= 15 is 0 Å². The number of carbonyl (C=O) groups is 1. The molecule has 1 amide bonds. The van der Waals surface area contributed by atoms with Crippen LogP contribution in [0.15, 0.2) is 4.99 Å². The highest BCUT2D eigenvalue weighted by Gasteiger charge is 2.39. The van der Waals surface area contributed by atoms with Gasteiger partial charge in [0.05, 0.1) is 0 Å². The standard InChI is InChI=1S/C22H42N6O.HI/c1-18(2)20(29)27-13-8-19(16-27)25-21(23-3)24-17-22(9-14-26(4)15-10-22)28-11-6-5-7-12-28;/h18-19H,5-17H2,1-4H3,(H2,23,24,25);1H. The van der Waals surface area contributed by atoms with Crippen LogP contribution in [0.25, 0.3) is 0 Å². The predicted octanol–water partition coefficient (Wildman–Crippen LogP) is 1.98. The zero-order valence-corrected chi connectivity index (χ0v) is 21.8. The Hall–Kier alpha value is -0.610. The van der Waals surface area contributed by atoms with Gasteiger partial charge in [-0.05, 0) is 65.3 Å². The smallest absolute Gasteiger partial charge is 0.225 e. The average molecular weight is 535 g/mol. The summed E-state index contributed by atoms with van der Waals surface area (Å²) in [5.41, 5.74) is 0.236. The highest BCUT2D eigenvalue weighted by Crippen LogP contribution is 2.30. The number of piperidine rings is 2. The third kappa shape index (κ3) is 6.45. The molecule has 3 saturated heterocycles. The number of carbonyl (C=O) groups excluding carboxylic acids is 1. The van der Waals surface area contributed by atoms with Crippen molar-refractivity contribution in [2.45, 2.75) is 64.0 Å². The Balaban J connectivity index is 0.00000320. The summed E-state index contributed by atoms with van der Waals surface area (Å²) >= 11 is 0. The van der Waals surface area contributed by atoms with Crippen LogP contribution in [0.2, 0.25) is 0 Å². The number of guanidine groups is 1. The Morgan fingerprint density at radius 1 is 1.10 bits per heavy atom. The van der Waals surface area contributed by atoms with E-state index in [0.29, 0.717) is 0 Å². The Morgan fingerprint density at radius 2 is 1.77 bits per heavy atom. The minimum Gasteiger partial charge on any atom is -0.355 e. The number of halogens is 1. The van der Waals surface area contributed by atoms with Crippen molar-refractivity contribution in [1.82, 2.24) is 25.3 Å². The fourth-order valence-electron chi connectivity index (χ4n) is 5.09. The SMILES string of the molecule is CN=C(NCC1(N2CCCCC2)CCN(C)CC1)NC1CCN(C(=O)C(C)C)C1.I. The van der Waals surface area contributed by atoms with Crippen molar-refractivity contribution in [3.05, 3.63) is 0 Å². The molecular weight excluding hydrogens is 491 g/mol. The molecule has 0 aromatic heterocycles. The second-order valence-electron chi connectivity index (χ2n) is 9.57. The Bertz CT molecular complexity index is 570. The number of likely N-dealkylation sites (tertiary alicyclic amines) is 3. The summed E-state index contributed by atoms with van der Waals surface area (Å²) in [5, 5.41) is 7.24. The van der Waals surface area contributed by atoms with Gasteiger partial charge in [0, 0.05) is 44.2 Å². The van der Waals surface area contributed by atoms with E-state index in [-0.39, 0.29) is 47.4 Å². The number of aliphatic imine (C=N–C) groups is 1. The lowest BCUT2D eigenvalue weighted by atomic mass is 9.84.